The zero-order valence-electron chi connectivity index (χ0n) is 7.20. The molecule has 6 heteroatoms. The quantitative estimate of drug-likeness (QED) is 0.866. The van der Waals surface area contributed by atoms with Crippen LogP contribution in [0, 0.1) is 0 Å². The molecule has 14 heavy (non-hydrogen) atoms. The van der Waals surface area contributed by atoms with Crippen LogP contribution in [0.3, 0.4) is 0 Å². The largest absolute Gasteiger partial charge is 0.251 e. The van der Waals surface area contributed by atoms with E-state index in [1.165, 1.54) is 12.1 Å². The van der Waals surface area contributed by atoms with Gasteiger partial charge in [0, 0.05) is 6.42 Å². The number of halogens is 2. The number of nitrogens with two attached hydrogens (primary N) is 1. The lowest BCUT2D eigenvalue weighted by molar-refractivity contribution is 0.493. The lowest BCUT2D eigenvalue weighted by atomic mass is 10.2. The fourth-order valence-corrected chi connectivity index (χ4v) is 2.56. The van der Waals surface area contributed by atoms with E-state index in [4.69, 9.17) is 16.7 Å². The van der Waals surface area contributed by atoms with E-state index in [-0.39, 0.29) is 16.3 Å². The van der Waals surface area contributed by atoms with Gasteiger partial charge in [-0.05, 0) is 11.6 Å². The molecule has 0 aliphatic carbocycles. The van der Waals surface area contributed by atoms with E-state index < -0.39 is 16.7 Å². The summed E-state index contributed by atoms with van der Waals surface area (Å²) in [5, 5.41) is 4.98. The van der Waals surface area contributed by atoms with E-state index in [1.54, 1.807) is 6.07 Å². The van der Waals surface area contributed by atoms with Crippen molar-refractivity contribution in [3.05, 3.63) is 28.8 Å². The Labute approximate surface area is 86.7 Å². The summed E-state index contributed by atoms with van der Waals surface area (Å²) in [5.41, 5.74) is 0.308. The van der Waals surface area contributed by atoms with Crippen LogP contribution >= 0.6 is 11.6 Å². The zero-order valence-corrected chi connectivity index (χ0v) is 8.78. The summed E-state index contributed by atoms with van der Waals surface area (Å²) in [6.07, 6.45) is -0.00762. The summed E-state index contributed by atoms with van der Waals surface area (Å²) in [4.78, 5) is -0.181. The normalized spacial score (nSPS) is 11.6. The molecule has 0 unspecified atom stereocenters. The zero-order chi connectivity index (χ0) is 10.8. The van der Waals surface area contributed by atoms with E-state index in [9.17, 15) is 12.8 Å². The van der Waals surface area contributed by atoms with Crippen molar-refractivity contribution < 1.29 is 12.8 Å². The highest BCUT2D eigenvalue weighted by Gasteiger charge is 2.17. The molecule has 0 amide bonds. The highest BCUT2D eigenvalue weighted by molar-refractivity contribution is 7.89. The minimum absolute atomic E-state index is 0.00762. The lowest BCUT2D eigenvalue weighted by Gasteiger charge is -2.07. The molecular weight excluding hydrogens is 229 g/mol. The van der Waals surface area contributed by atoms with Gasteiger partial charge in [0.2, 0.25) is 10.0 Å². The Morgan fingerprint density at radius 2 is 2.07 bits per heavy atom. The molecule has 0 aromatic heterocycles. The Kier molecular flexibility index (Phi) is 3.47. The van der Waals surface area contributed by atoms with E-state index in [0.717, 1.165) is 0 Å². The number of hydrogen-bond donors (Lipinski definition) is 1. The molecule has 0 saturated heterocycles. The Morgan fingerprint density at radius 1 is 1.43 bits per heavy atom. The van der Waals surface area contributed by atoms with Crippen molar-refractivity contribution in [2.45, 2.75) is 11.3 Å². The van der Waals surface area contributed by atoms with Gasteiger partial charge in [-0.2, -0.15) is 0 Å². The third-order valence-corrected chi connectivity index (χ3v) is 3.18. The van der Waals surface area contributed by atoms with Crippen molar-refractivity contribution in [2.24, 2.45) is 5.14 Å². The molecule has 0 spiro atoms. The average molecular weight is 238 g/mol. The standard InChI is InChI=1S/C8H9ClFNO2S/c9-7-3-1-2-6(4-5-10)8(7)14(11,12)13/h1-3H,4-5H2,(H2,11,12,13). The molecule has 1 aromatic carbocycles. The molecular formula is C8H9ClFNO2S. The average Bonchev–Trinajstić information content (AvgIpc) is 2.02. The van der Waals surface area contributed by atoms with E-state index >= 15 is 0 Å². The fraction of sp³-hybridized carbons (Fsp3) is 0.250. The van der Waals surface area contributed by atoms with Crippen molar-refractivity contribution in [3.8, 4) is 0 Å². The first-order valence-electron chi connectivity index (χ1n) is 3.83. The third kappa shape index (κ3) is 2.43. The molecule has 0 atom stereocenters. The highest BCUT2D eigenvalue weighted by Crippen LogP contribution is 2.24. The number of rotatable bonds is 3. The van der Waals surface area contributed by atoms with Crippen LogP contribution < -0.4 is 5.14 Å². The van der Waals surface area contributed by atoms with Crippen LogP contribution in [0.2, 0.25) is 5.02 Å². The number of alkyl halides is 1. The maximum atomic E-state index is 12.1. The summed E-state index contributed by atoms with van der Waals surface area (Å²) in [6, 6.07) is 4.45. The van der Waals surface area contributed by atoms with Crippen molar-refractivity contribution >= 4 is 21.6 Å². The maximum Gasteiger partial charge on any atom is 0.239 e. The van der Waals surface area contributed by atoms with Crippen molar-refractivity contribution in [1.29, 1.82) is 0 Å². The SMILES string of the molecule is NS(=O)(=O)c1c(Cl)cccc1CCF. The first kappa shape index (κ1) is 11.4. The number of primary sulfonamides is 1. The van der Waals surface area contributed by atoms with Crippen LogP contribution in [0.25, 0.3) is 0 Å². The Hall–Kier alpha value is -0.650. The second kappa shape index (κ2) is 4.25. The van der Waals surface area contributed by atoms with Gasteiger partial charge in [0.15, 0.2) is 0 Å². The maximum absolute atomic E-state index is 12.1. The molecule has 0 aliphatic rings. The summed E-state index contributed by atoms with van der Waals surface area (Å²) in [5.74, 6) is 0. The van der Waals surface area contributed by atoms with Crippen molar-refractivity contribution in [2.75, 3.05) is 6.67 Å². The number of benzene rings is 1. The summed E-state index contributed by atoms with van der Waals surface area (Å²) < 4.78 is 34.3. The lowest BCUT2D eigenvalue weighted by Crippen LogP contribution is -2.15. The summed E-state index contributed by atoms with van der Waals surface area (Å²) in [7, 11) is -3.88. The van der Waals surface area contributed by atoms with E-state index in [2.05, 4.69) is 0 Å². The van der Waals surface area contributed by atoms with Gasteiger partial charge in [0.1, 0.15) is 4.90 Å². The monoisotopic (exact) mass is 237 g/mol. The Bertz CT molecular complexity index is 433. The van der Waals surface area contributed by atoms with Gasteiger partial charge in [0.25, 0.3) is 0 Å². The van der Waals surface area contributed by atoms with Crippen molar-refractivity contribution in [3.63, 3.8) is 0 Å². The molecule has 0 bridgehead atoms. The molecule has 0 saturated carbocycles. The first-order valence-corrected chi connectivity index (χ1v) is 5.75. The van der Waals surface area contributed by atoms with Gasteiger partial charge in [0.05, 0.1) is 11.7 Å². The molecule has 3 nitrogen and oxygen atoms in total. The summed E-state index contributed by atoms with van der Waals surface area (Å²) >= 11 is 5.67. The van der Waals surface area contributed by atoms with E-state index in [1.807, 2.05) is 0 Å². The second-order valence-corrected chi connectivity index (χ2v) is 4.62. The van der Waals surface area contributed by atoms with Crippen LogP contribution in [0.1, 0.15) is 5.56 Å². The van der Waals surface area contributed by atoms with Crippen LogP contribution in [-0.2, 0) is 16.4 Å². The van der Waals surface area contributed by atoms with Gasteiger partial charge in [-0.3, -0.25) is 4.39 Å². The van der Waals surface area contributed by atoms with Crippen molar-refractivity contribution in [1.82, 2.24) is 0 Å². The van der Waals surface area contributed by atoms with Crippen LogP contribution in [0.4, 0.5) is 4.39 Å². The number of hydrogen-bond acceptors (Lipinski definition) is 2. The molecule has 1 rings (SSSR count). The molecule has 78 valence electrons. The van der Waals surface area contributed by atoms with Gasteiger partial charge < -0.3 is 0 Å². The van der Waals surface area contributed by atoms with Crippen LogP contribution in [0.15, 0.2) is 23.1 Å². The Balaban J connectivity index is 3.37. The molecule has 0 heterocycles. The van der Waals surface area contributed by atoms with Gasteiger partial charge >= 0.3 is 0 Å². The topological polar surface area (TPSA) is 60.2 Å². The molecule has 0 radical (unpaired) electrons. The smallest absolute Gasteiger partial charge is 0.239 e. The van der Waals surface area contributed by atoms with Gasteiger partial charge in [-0.1, -0.05) is 23.7 Å². The molecule has 2 N–H and O–H groups in total. The second-order valence-electron chi connectivity index (χ2n) is 2.71. The van der Waals surface area contributed by atoms with Crippen LogP contribution in [0.5, 0.6) is 0 Å². The summed E-state index contributed by atoms with van der Waals surface area (Å²) in [6.45, 7) is -0.650. The minimum atomic E-state index is -3.88. The predicted molar refractivity (Wildman–Crippen MR) is 52.5 cm³/mol. The number of sulfonamides is 1. The first-order chi connectivity index (χ1) is 6.46. The number of aryl methyl sites for hydroxylation is 1. The molecule has 0 aliphatic heterocycles. The molecule has 1 aromatic rings. The third-order valence-electron chi connectivity index (χ3n) is 1.70. The fourth-order valence-electron chi connectivity index (χ4n) is 1.17. The minimum Gasteiger partial charge on any atom is -0.251 e. The van der Waals surface area contributed by atoms with Crippen LogP contribution in [-0.4, -0.2) is 15.1 Å². The van der Waals surface area contributed by atoms with E-state index in [0.29, 0.717) is 5.56 Å². The Morgan fingerprint density at radius 3 is 2.57 bits per heavy atom. The molecule has 0 fully saturated rings. The van der Waals surface area contributed by atoms with Gasteiger partial charge in [-0.25, -0.2) is 13.6 Å². The predicted octanol–water partition coefficient (Wildman–Crippen LogP) is 1.50. The van der Waals surface area contributed by atoms with Gasteiger partial charge in [-0.15, -0.1) is 0 Å². The highest BCUT2D eigenvalue weighted by atomic mass is 35.5.